The lowest BCUT2D eigenvalue weighted by Crippen LogP contribution is -2.46. The van der Waals surface area contributed by atoms with Crippen molar-refractivity contribution in [3.63, 3.8) is 0 Å². The minimum Gasteiger partial charge on any atom is -0.314 e. The molecule has 1 heterocycles. The molecule has 0 aromatic heterocycles. The van der Waals surface area contributed by atoms with E-state index in [-0.39, 0.29) is 0 Å². The monoisotopic (exact) mass is 196 g/mol. The summed E-state index contributed by atoms with van der Waals surface area (Å²) in [5.74, 6) is 0.922. The van der Waals surface area contributed by atoms with Crippen LogP contribution >= 0.6 is 0 Å². The van der Waals surface area contributed by atoms with Gasteiger partial charge >= 0.3 is 0 Å². The standard InChI is InChI=1S/C12H24N2/c1-14(2)12-8-5-6-10(12)11-7-3-4-9-13-11/h10-13H,3-9H2,1-2H3. The molecule has 2 aliphatic rings. The first-order valence-electron chi connectivity index (χ1n) is 6.19. The summed E-state index contributed by atoms with van der Waals surface area (Å²) in [6, 6.07) is 1.66. The van der Waals surface area contributed by atoms with E-state index in [0.29, 0.717) is 0 Å². The number of hydrogen-bond acceptors (Lipinski definition) is 2. The number of piperidine rings is 1. The van der Waals surface area contributed by atoms with Crippen molar-refractivity contribution in [2.75, 3.05) is 20.6 Å². The van der Waals surface area contributed by atoms with Gasteiger partial charge in [-0.1, -0.05) is 12.8 Å². The maximum absolute atomic E-state index is 3.72. The van der Waals surface area contributed by atoms with E-state index < -0.39 is 0 Å². The van der Waals surface area contributed by atoms with E-state index in [1.165, 1.54) is 45.1 Å². The molecule has 1 saturated heterocycles. The van der Waals surface area contributed by atoms with Crippen molar-refractivity contribution in [3.05, 3.63) is 0 Å². The fraction of sp³-hybridized carbons (Fsp3) is 1.00. The van der Waals surface area contributed by atoms with Gasteiger partial charge in [-0.3, -0.25) is 0 Å². The van der Waals surface area contributed by atoms with Crippen molar-refractivity contribution >= 4 is 0 Å². The molecule has 1 aliphatic heterocycles. The van der Waals surface area contributed by atoms with E-state index >= 15 is 0 Å². The fourth-order valence-electron chi connectivity index (χ4n) is 3.32. The zero-order valence-electron chi connectivity index (χ0n) is 9.63. The Kier molecular flexibility index (Phi) is 3.45. The SMILES string of the molecule is CN(C)C1CCCC1C1CCCCN1. The molecule has 14 heavy (non-hydrogen) atoms. The van der Waals surface area contributed by atoms with Gasteiger partial charge < -0.3 is 10.2 Å². The summed E-state index contributed by atoms with van der Waals surface area (Å²) >= 11 is 0. The Morgan fingerprint density at radius 3 is 2.50 bits per heavy atom. The summed E-state index contributed by atoms with van der Waals surface area (Å²) in [5, 5.41) is 3.72. The summed E-state index contributed by atoms with van der Waals surface area (Å²) < 4.78 is 0. The van der Waals surface area contributed by atoms with Crippen molar-refractivity contribution in [1.29, 1.82) is 0 Å². The molecule has 0 aromatic rings. The summed E-state index contributed by atoms with van der Waals surface area (Å²) in [7, 11) is 4.48. The van der Waals surface area contributed by atoms with Gasteiger partial charge in [0.1, 0.15) is 0 Å². The van der Waals surface area contributed by atoms with E-state index in [4.69, 9.17) is 0 Å². The largest absolute Gasteiger partial charge is 0.314 e. The van der Waals surface area contributed by atoms with Gasteiger partial charge in [-0.2, -0.15) is 0 Å². The third kappa shape index (κ3) is 2.12. The molecule has 0 aromatic carbocycles. The van der Waals surface area contributed by atoms with Gasteiger partial charge in [0.25, 0.3) is 0 Å². The number of hydrogen-bond donors (Lipinski definition) is 1. The van der Waals surface area contributed by atoms with E-state index in [0.717, 1.165) is 18.0 Å². The zero-order valence-corrected chi connectivity index (χ0v) is 9.63. The second-order valence-corrected chi connectivity index (χ2v) is 5.18. The van der Waals surface area contributed by atoms with Gasteiger partial charge in [0.05, 0.1) is 0 Å². The summed E-state index contributed by atoms with van der Waals surface area (Å²) in [4.78, 5) is 2.44. The Morgan fingerprint density at radius 1 is 1.00 bits per heavy atom. The second kappa shape index (κ2) is 4.63. The molecule has 3 atom stereocenters. The quantitative estimate of drug-likeness (QED) is 0.725. The molecule has 2 fully saturated rings. The van der Waals surface area contributed by atoms with Crippen LogP contribution in [0.25, 0.3) is 0 Å². The lowest BCUT2D eigenvalue weighted by atomic mass is 9.88. The zero-order chi connectivity index (χ0) is 9.97. The van der Waals surface area contributed by atoms with Crippen molar-refractivity contribution in [1.82, 2.24) is 10.2 Å². The van der Waals surface area contributed by atoms with Crippen LogP contribution in [-0.2, 0) is 0 Å². The Hall–Kier alpha value is -0.0800. The lowest BCUT2D eigenvalue weighted by molar-refractivity contribution is 0.181. The van der Waals surface area contributed by atoms with Crippen LogP contribution in [0.2, 0.25) is 0 Å². The van der Waals surface area contributed by atoms with Crippen molar-refractivity contribution in [2.45, 2.75) is 50.6 Å². The molecule has 2 heteroatoms. The van der Waals surface area contributed by atoms with Gasteiger partial charge in [-0.25, -0.2) is 0 Å². The molecular weight excluding hydrogens is 172 g/mol. The Labute approximate surface area is 88.1 Å². The highest BCUT2D eigenvalue weighted by Gasteiger charge is 2.34. The number of rotatable bonds is 2. The number of nitrogens with one attached hydrogen (secondary N) is 1. The van der Waals surface area contributed by atoms with Crippen molar-refractivity contribution in [3.8, 4) is 0 Å². The van der Waals surface area contributed by atoms with Crippen LogP contribution in [0.4, 0.5) is 0 Å². The maximum atomic E-state index is 3.72. The summed E-state index contributed by atoms with van der Waals surface area (Å²) in [6.07, 6.45) is 8.53. The molecule has 2 rings (SSSR count). The first kappa shape index (κ1) is 10.4. The molecule has 2 nitrogen and oxygen atoms in total. The van der Waals surface area contributed by atoms with Gasteiger partial charge in [0.15, 0.2) is 0 Å². The fourth-order valence-corrected chi connectivity index (χ4v) is 3.32. The van der Waals surface area contributed by atoms with Crippen LogP contribution in [0.1, 0.15) is 38.5 Å². The van der Waals surface area contributed by atoms with Crippen LogP contribution < -0.4 is 5.32 Å². The molecule has 0 spiro atoms. The van der Waals surface area contributed by atoms with Crippen LogP contribution in [0.5, 0.6) is 0 Å². The molecule has 3 unspecified atom stereocenters. The van der Waals surface area contributed by atoms with E-state index in [1.807, 2.05) is 0 Å². The molecule has 1 aliphatic carbocycles. The predicted molar refractivity (Wildman–Crippen MR) is 60.5 cm³/mol. The molecule has 1 N–H and O–H groups in total. The average molecular weight is 196 g/mol. The topological polar surface area (TPSA) is 15.3 Å². The van der Waals surface area contributed by atoms with Gasteiger partial charge in [-0.15, -0.1) is 0 Å². The lowest BCUT2D eigenvalue weighted by Gasteiger charge is -2.35. The Morgan fingerprint density at radius 2 is 1.86 bits per heavy atom. The van der Waals surface area contributed by atoms with E-state index in [1.54, 1.807) is 0 Å². The molecule has 0 amide bonds. The Bertz CT molecular complexity index is 173. The van der Waals surface area contributed by atoms with Crippen molar-refractivity contribution in [2.24, 2.45) is 5.92 Å². The third-order valence-electron chi connectivity index (χ3n) is 4.06. The van der Waals surface area contributed by atoms with Crippen LogP contribution in [0.3, 0.4) is 0 Å². The van der Waals surface area contributed by atoms with Crippen molar-refractivity contribution < 1.29 is 0 Å². The van der Waals surface area contributed by atoms with Crippen LogP contribution in [0.15, 0.2) is 0 Å². The highest BCUT2D eigenvalue weighted by molar-refractivity contribution is 4.91. The van der Waals surface area contributed by atoms with E-state index in [2.05, 4.69) is 24.3 Å². The molecule has 0 radical (unpaired) electrons. The Balaban J connectivity index is 1.94. The van der Waals surface area contributed by atoms with Gasteiger partial charge in [0, 0.05) is 12.1 Å². The highest BCUT2D eigenvalue weighted by atomic mass is 15.1. The van der Waals surface area contributed by atoms with Gasteiger partial charge in [-0.05, 0) is 52.2 Å². The smallest absolute Gasteiger partial charge is 0.0132 e. The predicted octanol–water partition coefficient (Wildman–Crippen LogP) is 1.86. The minimum absolute atomic E-state index is 0.818. The first-order valence-corrected chi connectivity index (χ1v) is 6.19. The molecular formula is C12H24N2. The normalized spacial score (nSPS) is 39.2. The molecule has 1 saturated carbocycles. The number of nitrogens with zero attached hydrogens (tertiary/aromatic N) is 1. The maximum Gasteiger partial charge on any atom is 0.0132 e. The summed E-state index contributed by atoms with van der Waals surface area (Å²) in [6.45, 7) is 1.25. The minimum atomic E-state index is 0.818. The summed E-state index contributed by atoms with van der Waals surface area (Å²) in [5.41, 5.74) is 0. The first-order chi connectivity index (χ1) is 6.79. The van der Waals surface area contributed by atoms with E-state index in [9.17, 15) is 0 Å². The second-order valence-electron chi connectivity index (χ2n) is 5.18. The third-order valence-corrected chi connectivity index (χ3v) is 4.06. The van der Waals surface area contributed by atoms with Crippen LogP contribution in [-0.4, -0.2) is 37.6 Å². The molecule has 0 bridgehead atoms. The average Bonchev–Trinajstić information content (AvgIpc) is 2.67. The molecule has 82 valence electrons. The van der Waals surface area contributed by atoms with Gasteiger partial charge in [0.2, 0.25) is 0 Å². The highest BCUT2D eigenvalue weighted by Crippen LogP contribution is 2.33. The van der Waals surface area contributed by atoms with Crippen LogP contribution in [0, 0.1) is 5.92 Å².